The van der Waals surface area contributed by atoms with Crippen LogP contribution in [-0.4, -0.2) is 42.6 Å². The maximum atomic E-state index is 11.1. The van der Waals surface area contributed by atoms with Crippen molar-refractivity contribution in [3.05, 3.63) is 33.9 Å². The molecule has 2 unspecified atom stereocenters. The van der Waals surface area contributed by atoms with E-state index in [4.69, 9.17) is 4.74 Å². The minimum absolute atomic E-state index is 0. The van der Waals surface area contributed by atoms with Crippen LogP contribution in [0.1, 0.15) is 18.4 Å². The molecular weight excluding hydrogens is 306 g/mol. The van der Waals surface area contributed by atoms with E-state index >= 15 is 0 Å². The van der Waals surface area contributed by atoms with Crippen LogP contribution < -0.4 is 10.1 Å². The molecule has 122 valence electrons. The van der Waals surface area contributed by atoms with E-state index in [2.05, 4.69) is 10.2 Å². The van der Waals surface area contributed by atoms with E-state index in [0.717, 1.165) is 37.7 Å². The molecule has 2 aliphatic heterocycles. The summed E-state index contributed by atoms with van der Waals surface area (Å²) < 4.78 is 5.04. The maximum Gasteiger partial charge on any atom is 0.311 e. The third-order valence-corrected chi connectivity index (χ3v) is 4.59. The summed E-state index contributed by atoms with van der Waals surface area (Å²) in [6.45, 7) is 4.02. The van der Waals surface area contributed by atoms with Gasteiger partial charge in [-0.1, -0.05) is 6.07 Å². The first-order chi connectivity index (χ1) is 10.2. The van der Waals surface area contributed by atoms with Crippen LogP contribution in [0, 0.1) is 16.0 Å². The smallest absolute Gasteiger partial charge is 0.311 e. The second-order valence-corrected chi connectivity index (χ2v) is 5.90. The van der Waals surface area contributed by atoms with Gasteiger partial charge in [0.1, 0.15) is 0 Å². The molecular formula is C15H22ClN3O3. The summed E-state index contributed by atoms with van der Waals surface area (Å²) in [6, 6.07) is 5.92. The Bertz CT molecular complexity index is 541. The summed E-state index contributed by atoms with van der Waals surface area (Å²) >= 11 is 0. The second kappa shape index (κ2) is 7.26. The zero-order valence-corrected chi connectivity index (χ0v) is 13.5. The van der Waals surface area contributed by atoms with Gasteiger partial charge in [-0.05, 0) is 43.5 Å². The molecule has 6 nitrogen and oxygen atoms in total. The molecule has 0 saturated carbocycles. The lowest BCUT2D eigenvalue weighted by Gasteiger charge is -2.34. The fourth-order valence-electron chi connectivity index (χ4n) is 3.50. The number of hydrogen-bond acceptors (Lipinski definition) is 5. The number of nitro groups is 1. The van der Waals surface area contributed by atoms with Gasteiger partial charge in [-0.25, -0.2) is 0 Å². The number of methoxy groups -OCH3 is 1. The molecule has 0 aromatic heterocycles. The lowest BCUT2D eigenvalue weighted by Crippen LogP contribution is -2.43. The Morgan fingerprint density at radius 1 is 1.45 bits per heavy atom. The van der Waals surface area contributed by atoms with Crippen molar-refractivity contribution in [2.45, 2.75) is 25.4 Å². The summed E-state index contributed by atoms with van der Waals surface area (Å²) in [4.78, 5) is 13.1. The third kappa shape index (κ3) is 3.51. The Morgan fingerprint density at radius 3 is 3.00 bits per heavy atom. The molecule has 7 heteroatoms. The normalized spacial score (nSPS) is 24.4. The van der Waals surface area contributed by atoms with Crippen LogP contribution in [0.4, 0.5) is 5.69 Å². The number of ether oxygens (including phenoxy) is 1. The quantitative estimate of drug-likeness (QED) is 0.678. The average Bonchev–Trinajstić information content (AvgIpc) is 2.94. The lowest BCUT2D eigenvalue weighted by molar-refractivity contribution is -0.385. The molecule has 1 N–H and O–H groups in total. The van der Waals surface area contributed by atoms with E-state index in [1.54, 1.807) is 12.1 Å². The van der Waals surface area contributed by atoms with Gasteiger partial charge in [0.05, 0.1) is 12.0 Å². The monoisotopic (exact) mass is 327 g/mol. The molecule has 22 heavy (non-hydrogen) atoms. The van der Waals surface area contributed by atoms with Crippen molar-refractivity contribution in [2.24, 2.45) is 5.92 Å². The topological polar surface area (TPSA) is 67.6 Å². The molecule has 2 aliphatic rings. The van der Waals surface area contributed by atoms with Crippen LogP contribution >= 0.6 is 12.4 Å². The number of likely N-dealkylation sites (tertiary alicyclic amines) is 1. The zero-order valence-electron chi connectivity index (χ0n) is 12.7. The summed E-state index contributed by atoms with van der Waals surface area (Å²) in [5.41, 5.74) is 1.03. The molecule has 2 fully saturated rings. The minimum Gasteiger partial charge on any atom is -0.490 e. The second-order valence-electron chi connectivity index (χ2n) is 5.90. The largest absolute Gasteiger partial charge is 0.490 e. The van der Waals surface area contributed by atoms with Gasteiger partial charge in [0.15, 0.2) is 5.75 Å². The molecule has 0 radical (unpaired) electrons. The highest BCUT2D eigenvalue weighted by molar-refractivity contribution is 5.85. The Morgan fingerprint density at radius 2 is 2.27 bits per heavy atom. The summed E-state index contributed by atoms with van der Waals surface area (Å²) in [5, 5.41) is 14.6. The molecule has 3 rings (SSSR count). The van der Waals surface area contributed by atoms with Crippen LogP contribution in [0.3, 0.4) is 0 Å². The Hall–Kier alpha value is -1.37. The Balaban J connectivity index is 0.00000176. The number of benzene rings is 1. The van der Waals surface area contributed by atoms with Gasteiger partial charge >= 0.3 is 5.69 Å². The van der Waals surface area contributed by atoms with Crippen LogP contribution in [0.15, 0.2) is 18.2 Å². The van der Waals surface area contributed by atoms with E-state index < -0.39 is 0 Å². The van der Waals surface area contributed by atoms with Gasteiger partial charge in [-0.2, -0.15) is 0 Å². The van der Waals surface area contributed by atoms with Gasteiger partial charge in [0.25, 0.3) is 0 Å². The molecule has 0 aliphatic carbocycles. The molecule has 0 spiro atoms. The zero-order chi connectivity index (χ0) is 14.8. The fourth-order valence-corrected chi connectivity index (χ4v) is 3.50. The number of nitro benzene ring substituents is 1. The van der Waals surface area contributed by atoms with Crippen molar-refractivity contribution in [1.29, 1.82) is 0 Å². The Kier molecular flexibility index (Phi) is 5.61. The van der Waals surface area contributed by atoms with Crippen molar-refractivity contribution < 1.29 is 9.66 Å². The number of hydrogen-bond donors (Lipinski definition) is 1. The fraction of sp³-hybridized carbons (Fsp3) is 0.600. The predicted octanol–water partition coefficient (Wildman–Crippen LogP) is 2.21. The van der Waals surface area contributed by atoms with Crippen molar-refractivity contribution in [2.75, 3.05) is 26.7 Å². The average molecular weight is 328 g/mol. The number of nitrogens with zero attached hydrogens (tertiary/aromatic N) is 2. The molecule has 0 bridgehead atoms. The summed E-state index contributed by atoms with van der Waals surface area (Å²) in [6.07, 6.45) is 2.41. The molecule has 1 aromatic rings. The third-order valence-electron chi connectivity index (χ3n) is 4.59. The first kappa shape index (κ1) is 17.0. The SMILES string of the molecule is COc1ccc(CN2CCC3NCCC3C2)cc1[N+](=O)[O-].Cl. The van der Waals surface area contributed by atoms with Crippen molar-refractivity contribution in [3.8, 4) is 5.75 Å². The molecule has 2 heterocycles. The van der Waals surface area contributed by atoms with E-state index in [9.17, 15) is 10.1 Å². The Labute approximate surface area is 136 Å². The van der Waals surface area contributed by atoms with Gasteiger partial charge in [0, 0.05) is 25.2 Å². The molecule has 1 aromatic carbocycles. The maximum absolute atomic E-state index is 11.1. The number of piperidine rings is 1. The highest BCUT2D eigenvalue weighted by Crippen LogP contribution is 2.29. The van der Waals surface area contributed by atoms with Crippen LogP contribution in [-0.2, 0) is 6.54 Å². The van der Waals surface area contributed by atoms with Gasteiger partial charge < -0.3 is 10.1 Å². The van der Waals surface area contributed by atoms with Gasteiger partial charge in [0.2, 0.25) is 0 Å². The number of nitrogens with one attached hydrogen (secondary N) is 1. The van der Waals surface area contributed by atoms with Gasteiger partial charge in [-0.3, -0.25) is 15.0 Å². The first-order valence-electron chi connectivity index (χ1n) is 7.44. The van der Waals surface area contributed by atoms with Crippen molar-refractivity contribution in [3.63, 3.8) is 0 Å². The molecule has 2 saturated heterocycles. The van der Waals surface area contributed by atoms with Crippen LogP contribution in [0.5, 0.6) is 5.75 Å². The standard InChI is InChI=1S/C15H21N3O3.ClH/c1-21-15-3-2-11(8-14(15)18(19)20)9-17-7-5-13-12(10-17)4-6-16-13;/h2-3,8,12-13,16H,4-7,9-10H2,1H3;1H. The molecule has 2 atom stereocenters. The highest BCUT2D eigenvalue weighted by atomic mass is 35.5. The summed E-state index contributed by atoms with van der Waals surface area (Å²) in [7, 11) is 1.46. The van der Waals surface area contributed by atoms with Gasteiger partial charge in [-0.15, -0.1) is 12.4 Å². The highest BCUT2D eigenvalue weighted by Gasteiger charge is 2.32. The molecule has 0 amide bonds. The number of halogens is 1. The van der Waals surface area contributed by atoms with Crippen molar-refractivity contribution >= 4 is 18.1 Å². The van der Waals surface area contributed by atoms with E-state index in [1.807, 2.05) is 6.07 Å². The first-order valence-corrected chi connectivity index (χ1v) is 7.44. The van der Waals surface area contributed by atoms with E-state index in [1.165, 1.54) is 20.0 Å². The number of fused-ring (bicyclic) bond motifs is 1. The minimum atomic E-state index is -0.380. The van der Waals surface area contributed by atoms with E-state index in [0.29, 0.717) is 11.8 Å². The van der Waals surface area contributed by atoms with Crippen LogP contribution in [0.25, 0.3) is 0 Å². The van der Waals surface area contributed by atoms with Crippen LogP contribution in [0.2, 0.25) is 0 Å². The van der Waals surface area contributed by atoms with Crippen molar-refractivity contribution in [1.82, 2.24) is 10.2 Å². The van der Waals surface area contributed by atoms with E-state index in [-0.39, 0.29) is 23.0 Å². The summed E-state index contributed by atoms with van der Waals surface area (Å²) in [5.74, 6) is 1.05. The predicted molar refractivity (Wildman–Crippen MR) is 86.7 cm³/mol. The lowest BCUT2D eigenvalue weighted by atomic mass is 9.93. The number of rotatable bonds is 4.